The van der Waals surface area contributed by atoms with E-state index in [9.17, 15) is 17.9 Å². The summed E-state index contributed by atoms with van der Waals surface area (Å²) in [5.74, 6) is -0.156. The van der Waals surface area contributed by atoms with Crippen molar-refractivity contribution in [2.24, 2.45) is 0 Å². The lowest BCUT2D eigenvalue weighted by Gasteiger charge is -2.29. The van der Waals surface area contributed by atoms with Crippen LogP contribution in [0.1, 0.15) is 25.3 Å². The molecule has 0 radical (unpaired) electrons. The number of nitrogens with zero attached hydrogens (tertiary/aromatic N) is 2. The molecule has 0 spiro atoms. The summed E-state index contributed by atoms with van der Waals surface area (Å²) in [6.45, 7) is 3.29. The average Bonchev–Trinajstić information content (AvgIpc) is 2.84. The summed E-state index contributed by atoms with van der Waals surface area (Å²) in [6.07, 6.45) is 1.01. The maximum atomic E-state index is 12.9. The lowest BCUT2D eigenvalue weighted by molar-refractivity contribution is 0.0219. The molecule has 23 heavy (non-hydrogen) atoms. The molecule has 130 valence electrons. The second-order valence-corrected chi connectivity index (χ2v) is 8.51. The van der Waals surface area contributed by atoms with Crippen LogP contribution in [0.25, 0.3) is 0 Å². The number of rotatable bonds is 7. The molecule has 0 unspecified atom stereocenters. The number of aliphatic hydroxyl groups is 1. The molecule has 0 bridgehead atoms. The summed E-state index contributed by atoms with van der Waals surface area (Å²) in [7, 11) is -1.40. The van der Waals surface area contributed by atoms with E-state index >= 15 is 0 Å². The SMILES string of the molecule is CCCS(=O)(=O)N1CC[C@@](O)(CN(C)Cc2ccc(F)cc2)C1. The summed E-state index contributed by atoms with van der Waals surface area (Å²) in [4.78, 5) is 1.93. The van der Waals surface area contributed by atoms with Crippen LogP contribution in [0.2, 0.25) is 0 Å². The van der Waals surface area contributed by atoms with Crippen molar-refractivity contribution in [3.63, 3.8) is 0 Å². The lowest BCUT2D eigenvalue weighted by atomic mass is 10.0. The molecular weight excluding hydrogens is 319 g/mol. The second-order valence-electron chi connectivity index (χ2n) is 6.42. The van der Waals surface area contributed by atoms with Crippen molar-refractivity contribution in [2.75, 3.05) is 32.4 Å². The smallest absolute Gasteiger partial charge is 0.214 e. The van der Waals surface area contributed by atoms with E-state index in [2.05, 4.69) is 0 Å². The van der Waals surface area contributed by atoms with E-state index in [1.165, 1.54) is 16.4 Å². The average molecular weight is 344 g/mol. The van der Waals surface area contributed by atoms with Crippen molar-refractivity contribution < 1.29 is 17.9 Å². The van der Waals surface area contributed by atoms with Gasteiger partial charge >= 0.3 is 0 Å². The van der Waals surface area contributed by atoms with Crippen molar-refractivity contribution in [1.29, 1.82) is 0 Å². The number of likely N-dealkylation sites (N-methyl/N-ethyl adjacent to an activating group) is 1. The van der Waals surface area contributed by atoms with Crippen LogP contribution in [0.4, 0.5) is 4.39 Å². The van der Waals surface area contributed by atoms with Crippen LogP contribution in [-0.2, 0) is 16.6 Å². The summed E-state index contributed by atoms with van der Waals surface area (Å²) >= 11 is 0. The molecule has 1 saturated heterocycles. The van der Waals surface area contributed by atoms with Gasteiger partial charge in [-0.2, -0.15) is 4.31 Å². The van der Waals surface area contributed by atoms with Gasteiger partial charge < -0.3 is 5.11 Å². The van der Waals surface area contributed by atoms with Crippen molar-refractivity contribution in [3.05, 3.63) is 35.6 Å². The zero-order valence-corrected chi connectivity index (χ0v) is 14.5. The first-order valence-corrected chi connectivity index (χ1v) is 9.48. The van der Waals surface area contributed by atoms with E-state index < -0.39 is 15.6 Å². The van der Waals surface area contributed by atoms with Crippen LogP contribution in [0.3, 0.4) is 0 Å². The van der Waals surface area contributed by atoms with E-state index in [-0.39, 0.29) is 18.1 Å². The molecule has 1 aliphatic heterocycles. The van der Waals surface area contributed by atoms with Crippen molar-refractivity contribution in [1.82, 2.24) is 9.21 Å². The third-order valence-corrected chi connectivity index (χ3v) is 6.11. The van der Waals surface area contributed by atoms with E-state index in [4.69, 9.17) is 0 Å². The minimum Gasteiger partial charge on any atom is -0.387 e. The van der Waals surface area contributed by atoms with Crippen LogP contribution >= 0.6 is 0 Å². The van der Waals surface area contributed by atoms with Gasteiger partial charge in [-0.15, -0.1) is 0 Å². The molecule has 7 heteroatoms. The standard InChI is InChI=1S/C16H25FN2O3S/c1-3-10-23(21,22)19-9-8-16(20,13-19)12-18(2)11-14-4-6-15(17)7-5-14/h4-7,20H,3,8-13H2,1-2H3/t16-/m1/s1. The van der Waals surface area contributed by atoms with Gasteiger partial charge in [0.1, 0.15) is 5.82 Å². The predicted octanol–water partition coefficient (Wildman–Crippen LogP) is 1.43. The van der Waals surface area contributed by atoms with Crippen molar-refractivity contribution in [2.45, 2.75) is 31.9 Å². The van der Waals surface area contributed by atoms with Gasteiger partial charge in [0.15, 0.2) is 0 Å². The highest BCUT2D eigenvalue weighted by Gasteiger charge is 2.41. The fraction of sp³-hybridized carbons (Fsp3) is 0.625. The Bertz CT molecular complexity index is 621. The van der Waals surface area contributed by atoms with Gasteiger partial charge in [0, 0.05) is 26.2 Å². The Hall–Kier alpha value is -1.02. The van der Waals surface area contributed by atoms with Crippen LogP contribution < -0.4 is 0 Å². The topological polar surface area (TPSA) is 60.9 Å². The van der Waals surface area contributed by atoms with Crippen LogP contribution in [-0.4, -0.2) is 60.8 Å². The quantitative estimate of drug-likeness (QED) is 0.813. The molecule has 2 rings (SSSR count). The molecule has 1 aliphatic rings. The largest absolute Gasteiger partial charge is 0.387 e. The normalized spacial score (nSPS) is 22.8. The summed E-state index contributed by atoms with van der Waals surface area (Å²) in [5.41, 5.74) is -0.0822. The summed E-state index contributed by atoms with van der Waals surface area (Å²) in [5, 5.41) is 10.7. The Labute approximate surface area is 137 Å². The molecule has 0 saturated carbocycles. The van der Waals surface area contributed by atoms with Crippen LogP contribution in [0, 0.1) is 5.82 Å². The van der Waals surface area contributed by atoms with E-state index in [0.29, 0.717) is 32.5 Å². The summed E-state index contributed by atoms with van der Waals surface area (Å²) in [6, 6.07) is 6.24. The van der Waals surface area contributed by atoms with E-state index in [1.54, 1.807) is 12.1 Å². The Morgan fingerprint density at radius 2 is 2.00 bits per heavy atom. The molecule has 1 aromatic rings. The van der Waals surface area contributed by atoms with Gasteiger partial charge in [0.2, 0.25) is 10.0 Å². The van der Waals surface area contributed by atoms with Gasteiger partial charge in [-0.25, -0.2) is 12.8 Å². The number of β-amino-alcohol motifs (C(OH)–C–C–N with tert-alkyl or cyclic N) is 1. The molecule has 1 atom stereocenters. The Balaban J connectivity index is 1.93. The zero-order valence-electron chi connectivity index (χ0n) is 13.7. The summed E-state index contributed by atoms with van der Waals surface area (Å²) < 4.78 is 38.5. The number of hydrogen-bond donors (Lipinski definition) is 1. The monoisotopic (exact) mass is 344 g/mol. The maximum absolute atomic E-state index is 12.9. The van der Waals surface area contributed by atoms with Gasteiger partial charge in [-0.3, -0.25) is 4.90 Å². The number of sulfonamides is 1. The number of hydrogen-bond acceptors (Lipinski definition) is 4. The zero-order chi connectivity index (χ0) is 17.1. The molecule has 1 aromatic carbocycles. The second kappa shape index (κ2) is 7.25. The fourth-order valence-electron chi connectivity index (χ4n) is 3.03. The predicted molar refractivity (Wildman–Crippen MR) is 88.0 cm³/mol. The molecule has 5 nitrogen and oxygen atoms in total. The highest BCUT2D eigenvalue weighted by molar-refractivity contribution is 7.89. The third-order valence-electron chi connectivity index (χ3n) is 4.08. The van der Waals surface area contributed by atoms with Crippen LogP contribution in [0.15, 0.2) is 24.3 Å². The van der Waals surface area contributed by atoms with Gasteiger partial charge in [-0.1, -0.05) is 19.1 Å². The first-order chi connectivity index (χ1) is 10.7. The Morgan fingerprint density at radius 1 is 1.35 bits per heavy atom. The maximum Gasteiger partial charge on any atom is 0.214 e. The minimum absolute atomic E-state index is 0.120. The van der Waals surface area contributed by atoms with Crippen molar-refractivity contribution in [3.8, 4) is 0 Å². The first kappa shape index (κ1) is 18.3. The number of halogens is 1. The van der Waals surface area contributed by atoms with Gasteiger partial charge in [0.25, 0.3) is 0 Å². The molecule has 0 amide bonds. The molecule has 1 N–H and O–H groups in total. The van der Waals surface area contributed by atoms with Gasteiger partial charge in [0.05, 0.1) is 11.4 Å². The lowest BCUT2D eigenvalue weighted by Crippen LogP contribution is -2.44. The number of benzene rings is 1. The Kier molecular flexibility index (Phi) is 5.78. The first-order valence-electron chi connectivity index (χ1n) is 7.87. The Morgan fingerprint density at radius 3 is 2.61 bits per heavy atom. The van der Waals surface area contributed by atoms with Crippen LogP contribution in [0.5, 0.6) is 0 Å². The van der Waals surface area contributed by atoms with E-state index in [1.807, 2.05) is 18.9 Å². The van der Waals surface area contributed by atoms with Crippen molar-refractivity contribution >= 4 is 10.0 Å². The highest BCUT2D eigenvalue weighted by atomic mass is 32.2. The third kappa shape index (κ3) is 4.97. The molecular formula is C16H25FN2O3S. The molecule has 1 heterocycles. The minimum atomic E-state index is -3.27. The van der Waals surface area contributed by atoms with Gasteiger partial charge in [-0.05, 0) is 37.6 Å². The van der Waals surface area contributed by atoms with E-state index in [0.717, 1.165) is 5.56 Å². The highest BCUT2D eigenvalue weighted by Crippen LogP contribution is 2.25. The fourth-order valence-corrected chi connectivity index (χ4v) is 4.61. The molecule has 1 fully saturated rings. The molecule has 0 aromatic heterocycles. The molecule has 0 aliphatic carbocycles.